The van der Waals surface area contributed by atoms with Gasteiger partial charge in [-0.25, -0.2) is 0 Å². The predicted molar refractivity (Wildman–Crippen MR) is 80.5 cm³/mol. The molecule has 0 spiro atoms. The fourth-order valence-electron chi connectivity index (χ4n) is 1.70. The summed E-state index contributed by atoms with van der Waals surface area (Å²) in [5.41, 5.74) is 0. The van der Waals surface area contributed by atoms with Crippen LogP contribution in [0.2, 0.25) is 0 Å². The van der Waals surface area contributed by atoms with Crippen LogP contribution in [0.1, 0.15) is 13.3 Å². The largest absolute Gasteiger partial charge is 0.494 e. The molecule has 0 aromatic heterocycles. The maximum atomic E-state index is 11.7. The number of ether oxygens (including phenoxy) is 1. The molecule has 0 aliphatic rings. The zero-order valence-electron chi connectivity index (χ0n) is 12.1. The van der Waals surface area contributed by atoms with Crippen molar-refractivity contribution in [1.82, 2.24) is 10.2 Å². The summed E-state index contributed by atoms with van der Waals surface area (Å²) in [6.07, 6.45) is 5.97. The van der Waals surface area contributed by atoms with Gasteiger partial charge in [0.05, 0.1) is 19.2 Å². The first-order valence-corrected chi connectivity index (χ1v) is 6.74. The molecule has 1 aromatic carbocycles. The zero-order chi connectivity index (χ0) is 14.8. The molecule has 0 heterocycles. The van der Waals surface area contributed by atoms with Gasteiger partial charge in [-0.2, -0.15) is 0 Å². The number of benzene rings is 1. The Labute approximate surface area is 121 Å². The van der Waals surface area contributed by atoms with Crippen LogP contribution in [-0.4, -0.2) is 43.6 Å². The summed E-state index contributed by atoms with van der Waals surface area (Å²) in [5.74, 6) is 3.22. The summed E-state index contributed by atoms with van der Waals surface area (Å²) in [6.45, 7) is 3.56. The number of terminal acetylenes is 1. The highest BCUT2D eigenvalue weighted by Crippen LogP contribution is 2.08. The minimum absolute atomic E-state index is 0.0468. The first-order valence-electron chi connectivity index (χ1n) is 6.74. The lowest BCUT2D eigenvalue weighted by molar-refractivity contribution is -0.125. The Hall–Kier alpha value is -1.99. The summed E-state index contributed by atoms with van der Waals surface area (Å²) in [4.78, 5) is 13.7. The lowest BCUT2D eigenvalue weighted by atomic mass is 10.2. The number of para-hydroxylation sites is 1. The molecular weight excluding hydrogens is 252 g/mol. The maximum Gasteiger partial charge on any atom is 0.237 e. The van der Waals surface area contributed by atoms with Crippen molar-refractivity contribution in [3.8, 4) is 18.1 Å². The van der Waals surface area contributed by atoms with Crippen LogP contribution in [-0.2, 0) is 4.79 Å². The number of hydrogen-bond donors (Lipinski definition) is 1. The molecule has 0 radical (unpaired) electrons. The molecule has 0 saturated heterocycles. The minimum atomic E-state index is -0.194. The average Bonchev–Trinajstić information content (AvgIpc) is 2.49. The Bertz CT molecular complexity index is 440. The quantitative estimate of drug-likeness (QED) is 0.577. The standard InChI is InChI=1S/C16H22N2O2/c1-4-11-17-16(19)14(2)18(3)12-8-13-20-15-9-6-5-7-10-15/h1,5-7,9-10,14H,8,11-13H2,2-3H3,(H,17,19). The number of rotatable bonds is 8. The normalized spacial score (nSPS) is 11.7. The molecule has 1 N–H and O–H groups in total. The molecule has 4 nitrogen and oxygen atoms in total. The predicted octanol–water partition coefficient (Wildman–Crippen LogP) is 1.53. The van der Waals surface area contributed by atoms with Crippen molar-refractivity contribution >= 4 is 5.91 Å². The number of carbonyl (C=O) groups excluding carboxylic acids is 1. The summed E-state index contributed by atoms with van der Waals surface area (Å²) in [6, 6.07) is 9.51. The summed E-state index contributed by atoms with van der Waals surface area (Å²) in [5, 5.41) is 2.68. The molecule has 1 unspecified atom stereocenters. The zero-order valence-corrected chi connectivity index (χ0v) is 12.1. The molecule has 108 valence electrons. The third-order valence-electron chi connectivity index (χ3n) is 3.07. The van der Waals surface area contributed by atoms with Crippen molar-refractivity contribution in [1.29, 1.82) is 0 Å². The van der Waals surface area contributed by atoms with Gasteiger partial charge in [0.1, 0.15) is 5.75 Å². The SMILES string of the molecule is C#CCNC(=O)C(C)N(C)CCCOc1ccccc1. The van der Waals surface area contributed by atoms with Gasteiger partial charge in [-0.15, -0.1) is 6.42 Å². The maximum absolute atomic E-state index is 11.7. The Morgan fingerprint density at radius 1 is 1.45 bits per heavy atom. The molecule has 4 heteroatoms. The molecule has 1 aromatic rings. The highest BCUT2D eigenvalue weighted by molar-refractivity contribution is 5.81. The Morgan fingerprint density at radius 2 is 2.15 bits per heavy atom. The van der Waals surface area contributed by atoms with E-state index in [1.54, 1.807) is 0 Å². The second-order valence-electron chi connectivity index (χ2n) is 4.59. The number of amides is 1. The van der Waals surface area contributed by atoms with E-state index < -0.39 is 0 Å². The van der Waals surface area contributed by atoms with Crippen LogP contribution in [0.15, 0.2) is 30.3 Å². The van der Waals surface area contributed by atoms with E-state index in [9.17, 15) is 4.79 Å². The van der Waals surface area contributed by atoms with Crippen molar-refractivity contribution in [3.05, 3.63) is 30.3 Å². The number of carbonyl (C=O) groups is 1. The van der Waals surface area contributed by atoms with Gasteiger partial charge >= 0.3 is 0 Å². The Balaban J connectivity index is 2.21. The topological polar surface area (TPSA) is 41.6 Å². The van der Waals surface area contributed by atoms with Gasteiger partial charge in [0.15, 0.2) is 0 Å². The van der Waals surface area contributed by atoms with Crippen LogP contribution in [0.5, 0.6) is 5.75 Å². The first kappa shape index (κ1) is 16.1. The molecule has 1 atom stereocenters. The van der Waals surface area contributed by atoms with Gasteiger partial charge in [0, 0.05) is 6.54 Å². The third kappa shape index (κ3) is 5.77. The van der Waals surface area contributed by atoms with E-state index >= 15 is 0 Å². The van der Waals surface area contributed by atoms with E-state index in [2.05, 4.69) is 11.2 Å². The molecular formula is C16H22N2O2. The fourth-order valence-corrected chi connectivity index (χ4v) is 1.70. The molecule has 0 bridgehead atoms. The highest BCUT2D eigenvalue weighted by Gasteiger charge is 2.16. The summed E-state index contributed by atoms with van der Waals surface area (Å²) in [7, 11) is 1.92. The lowest BCUT2D eigenvalue weighted by Crippen LogP contribution is -2.43. The first-order chi connectivity index (χ1) is 9.65. The molecule has 0 aliphatic carbocycles. The minimum Gasteiger partial charge on any atom is -0.494 e. The molecule has 0 fully saturated rings. The molecule has 20 heavy (non-hydrogen) atoms. The van der Waals surface area contributed by atoms with E-state index in [0.29, 0.717) is 6.61 Å². The van der Waals surface area contributed by atoms with Crippen LogP contribution in [0.4, 0.5) is 0 Å². The van der Waals surface area contributed by atoms with Crippen molar-refractivity contribution in [3.63, 3.8) is 0 Å². The Morgan fingerprint density at radius 3 is 2.80 bits per heavy atom. The molecule has 0 aliphatic heterocycles. The number of nitrogens with one attached hydrogen (secondary N) is 1. The second-order valence-corrected chi connectivity index (χ2v) is 4.59. The van der Waals surface area contributed by atoms with E-state index in [4.69, 9.17) is 11.2 Å². The number of nitrogens with zero attached hydrogens (tertiary/aromatic N) is 1. The summed E-state index contributed by atoms with van der Waals surface area (Å²) >= 11 is 0. The second kappa shape index (κ2) is 9.00. The molecule has 1 amide bonds. The summed E-state index contributed by atoms with van der Waals surface area (Å²) < 4.78 is 5.61. The van der Waals surface area contributed by atoms with E-state index in [0.717, 1.165) is 18.7 Å². The van der Waals surface area contributed by atoms with Crippen LogP contribution in [0, 0.1) is 12.3 Å². The van der Waals surface area contributed by atoms with E-state index in [-0.39, 0.29) is 18.5 Å². The van der Waals surface area contributed by atoms with Crippen molar-refractivity contribution in [2.75, 3.05) is 26.7 Å². The number of hydrogen-bond acceptors (Lipinski definition) is 3. The van der Waals surface area contributed by atoms with Crippen LogP contribution < -0.4 is 10.1 Å². The van der Waals surface area contributed by atoms with Crippen molar-refractivity contribution in [2.45, 2.75) is 19.4 Å². The van der Waals surface area contributed by atoms with Crippen molar-refractivity contribution < 1.29 is 9.53 Å². The molecule has 1 rings (SSSR count). The van der Waals surface area contributed by atoms with Gasteiger partial charge in [-0.1, -0.05) is 24.1 Å². The highest BCUT2D eigenvalue weighted by atomic mass is 16.5. The fraction of sp³-hybridized carbons (Fsp3) is 0.438. The Kier molecular flexibility index (Phi) is 7.23. The van der Waals surface area contributed by atoms with Gasteiger partial charge in [-0.3, -0.25) is 9.69 Å². The lowest BCUT2D eigenvalue weighted by Gasteiger charge is -2.23. The van der Waals surface area contributed by atoms with Gasteiger partial charge < -0.3 is 10.1 Å². The van der Waals surface area contributed by atoms with Gasteiger partial charge in [-0.05, 0) is 32.5 Å². The van der Waals surface area contributed by atoms with E-state index in [1.165, 1.54) is 0 Å². The van der Waals surface area contributed by atoms with Crippen molar-refractivity contribution in [2.24, 2.45) is 0 Å². The average molecular weight is 274 g/mol. The smallest absolute Gasteiger partial charge is 0.237 e. The third-order valence-corrected chi connectivity index (χ3v) is 3.07. The van der Waals surface area contributed by atoms with E-state index in [1.807, 2.05) is 49.2 Å². The van der Waals surface area contributed by atoms with Crippen LogP contribution in [0.3, 0.4) is 0 Å². The number of likely N-dealkylation sites (N-methyl/N-ethyl adjacent to an activating group) is 1. The molecule has 0 saturated carbocycles. The van der Waals surface area contributed by atoms with Gasteiger partial charge in [0.25, 0.3) is 0 Å². The van der Waals surface area contributed by atoms with Gasteiger partial charge in [0.2, 0.25) is 5.91 Å². The monoisotopic (exact) mass is 274 g/mol. The van der Waals surface area contributed by atoms with Crippen LogP contribution in [0.25, 0.3) is 0 Å². The van der Waals surface area contributed by atoms with Crippen LogP contribution >= 0.6 is 0 Å².